The van der Waals surface area contributed by atoms with Crippen LogP contribution in [-0.2, 0) is 6.42 Å². The zero-order valence-corrected chi connectivity index (χ0v) is 8.91. The van der Waals surface area contributed by atoms with E-state index >= 15 is 0 Å². The molecule has 2 nitrogen and oxygen atoms in total. The first-order chi connectivity index (χ1) is 7.97. The molecule has 0 aliphatic rings. The number of rotatable bonds is 2. The average molecular weight is 240 g/mol. The molecular weight excluding hydrogens is 229 g/mol. The van der Waals surface area contributed by atoms with Crippen molar-refractivity contribution in [1.29, 1.82) is 0 Å². The molecule has 5 heteroatoms. The van der Waals surface area contributed by atoms with Gasteiger partial charge in [0.15, 0.2) is 0 Å². The summed E-state index contributed by atoms with van der Waals surface area (Å²) in [5.41, 5.74) is 6.10. The molecule has 1 heterocycles. The van der Waals surface area contributed by atoms with Gasteiger partial charge in [-0.25, -0.2) is 0 Å². The van der Waals surface area contributed by atoms with Gasteiger partial charge in [0.25, 0.3) is 0 Å². The first-order valence-corrected chi connectivity index (χ1v) is 5.14. The number of nitrogens with two attached hydrogens (primary N) is 1. The summed E-state index contributed by atoms with van der Waals surface area (Å²) >= 11 is 0. The van der Waals surface area contributed by atoms with E-state index in [-0.39, 0.29) is 6.42 Å². The van der Waals surface area contributed by atoms with Crippen LogP contribution in [0.15, 0.2) is 36.4 Å². The zero-order chi connectivity index (χ0) is 12.5. The topological polar surface area (TPSA) is 38.9 Å². The van der Waals surface area contributed by atoms with Crippen molar-refractivity contribution in [3.05, 3.63) is 42.1 Å². The number of halogens is 3. The monoisotopic (exact) mass is 240 g/mol. The van der Waals surface area contributed by atoms with Crippen LogP contribution < -0.4 is 5.73 Å². The molecule has 0 bridgehead atoms. The summed E-state index contributed by atoms with van der Waals surface area (Å²) < 4.78 is 36.9. The highest BCUT2D eigenvalue weighted by molar-refractivity contribution is 5.78. The minimum Gasteiger partial charge on any atom is -0.320 e. The molecule has 0 saturated carbocycles. The van der Waals surface area contributed by atoms with E-state index in [2.05, 4.69) is 4.98 Å². The first-order valence-electron chi connectivity index (χ1n) is 5.14. The maximum absolute atomic E-state index is 12.3. The SMILES string of the molecule is NC(Cc1ccc2ccccc2n1)C(F)(F)F. The number of hydrogen-bond acceptors (Lipinski definition) is 2. The van der Waals surface area contributed by atoms with Crippen LogP contribution in [0, 0.1) is 0 Å². The molecule has 1 aromatic heterocycles. The van der Waals surface area contributed by atoms with E-state index in [4.69, 9.17) is 5.73 Å². The van der Waals surface area contributed by atoms with Gasteiger partial charge in [0.05, 0.1) is 5.52 Å². The Morgan fingerprint density at radius 2 is 1.82 bits per heavy atom. The van der Waals surface area contributed by atoms with Gasteiger partial charge in [-0.2, -0.15) is 13.2 Å². The van der Waals surface area contributed by atoms with Gasteiger partial charge in [-0.05, 0) is 12.1 Å². The number of pyridine rings is 1. The van der Waals surface area contributed by atoms with Crippen LogP contribution in [0.25, 0.3) is 10.9 Å². The number of aromatic nitrogens is 1. The van der Waals surface area contributed by atoms with Crippen LogP contribution in [0.1, 0.15) is 5.69 Å². The largest absolute Gasteiger partial charge is 0.404 e. The first kappa shape index (κ1) is 11.9. The second kappa shape index (κ2) is 4.33. The summed E-state index contributed by atoms with van der Waals surface area (Å²) in [5.74, 6) is 0. The Morgan fingerprint density at radius 1 is 1.12 bits per heavy atom. The van der Waals surface area contributed by atoms with Crippen molar-refractivity contribution in [3.8, 4) is 0 Å². The van der Waals surface area contributed by atoms with E-state index in [1.54, 1.807) is 24.3 Å². The van der Waals surface area contributed by atoms with Gasteiger partial charge in [0.1, 0.15) is 6.04 Å². The van der Waals surface area contributed by atoms with Gasteiger partial charge < -0.3 is 5.73 Å². The van der Waals surface area contributed by atoms with Gasteiger partial charge in [-0.15, -0.1) is 0 Å². The van der Waals surface area contributed by atoms with Crippen LogP contribution in [0.3, 0.4) is 0 Å². The summed E-state index contributed by atoms with van der Waals surface area (Å²) in [7, 11) is 0. The highest BCUT2D eigenvalue weighted by atomic mass is 19.4. The highest BCUT2D eigenvalue weighted by Gasteiger charge is 2.36. The molecule has 1 unspecified atom stereocenters. The summed E-state index contributed by atoms with van der Waals surface area (Å²) in [5, 5.41) is 0.900. The van der Waals surface area contributed by atoms with Gasteiger partial charge >= 0.3 is 6.18 Å². The maximum atomic E-state index is 12.3. The fourth-order valence-corrected chi connectivity index (χ4v) is 1.56. The third-order valence-electron chi connectivity index (χ3n) is 2.51. The fraction of sp³-hybridized carbons (Fsp3) is 0.250. The Hall–Kier alpha value is -1.62. The van der Waals surface area contributed by atoms with Crippen molar-refractivity contribution in [2.45, 2.75) is 18.6 Å². The van der Waals surface area contributed by atoms with Crippen molar-refractivity contribution in [3.63, 3.8) is 0 Å². The second-order valence-corrected chi connectivity index (χ2v) is 3.85. The lowest BCUT2D eigenvalue weighted by Crippen LogP contribution is -2.39. The van der Waals surface area contributed by atoms with Crippen LogP contribution >= 0.6 is 0 Å². The predicted octanol–water partition coefficient (Wildman–Crippen LogP) is 2.67. The maximum Gasteiger partial charge on any atom is 0.404 e. The van der Waals surface area contributed by atoms with Crippen molar-refractivity contribution in [2.75, 3.05) is 0 Å². The van der Waals surface area contributed by atoms with Crippen molar-refractivity contribution in [2.24, 2.45) is 5.73 Å². The third-order valence-corrected chi connectivity index (χ3v) is 2.51. The van der Waals surface area contributed by atoms with E-state index in [1.165, 1.54) is 0 Å². The standard InChI is InChI=1S/C12H11F3N2/c13-12(14,15)11(16)7-9-6-5-8-3-1-2-4-10(8)17-9/h1-6,11H,7,16H2. The van der Waals surface area contributed by atoms with E-state index in [0.29, 0.717) is 11.2 Å². The zero-order valence-electron chi connectivity index (χ0n) is 8.91. The average Bonchev–Trinajstić information content (AvgIpc) is 2.27. The van der Waals surface area contributed by atoms with Crippen molar-refractivity contribution in [1.82, 2.24) is 4.98 Å². The highest BCUT2D eigenvalue weighted by Crippen LogP contribution is 2.21. The number of alkyl halides is 3. The molecular formula is C12H11F3N2. The Bertz CT molecular complexity index is 522. The summed E-state index contributed by atoms with van der Waals surface area (Å²) in [6, 6.07) is 8.73. The van der Waals surface area contributed by atoms with Gasteiger partial charge in [0.2, 0.25) is 0 Å². The molecule has 0 fully saturated rings. The molecule has 1 aromatic carbocycles. The normalized spacial score (nSPS) is 13.9. The van der Waals surface area contributed by atoms with Crippen LogP contribution in [0.4, 0.5) is 13.2 Å². The van der Waals surface area contributed by atoms with E-state index in [0.717, 1.165) is 5.39 Å². The Balaban J connectivity index is 2.25. The quantitative estimate of drug-likeness (QED) is 0.876. The summed E-state index contributed by atoms with van der Waals surface area (Å²) in [6.45, 7) is 0. The number of fused-ring (bicyclic) bond motifs is 1. The van der Waals surface area contributed by atoms with Gasteiger partial charge in [-0.1, -0.05) is 24.3 Å². The lowest BCUT2D eigenvalue weighted by Gasteiger charge is -2.15. The molecule has 0 aliphatic heterocycles. The second-order valence-electron chi connectivity index (χ2n) is 3.85. The molecule has 17 heavy (non-hydrogen) atoms. The summed E-state index contributed by atoms with van der Waals surface area (Å²) in [6.07, 6.45) is -4.68. The molecule has 0 aliphatic carbocycles. The lowest BCUT2D eigenvalue weighted by atomic mass is 10.1. The number of benzene rings is 1. The van der Waals surface area contributed by atoms with Crippen molar-refractivity contribution >= 4 is 10.9 Å². The van der Waals surface area contributed by atoms with Crippen LogP contribution in [0.5, 0.6) is 0 Å². The van der Waals surface area contributed by atoms with Crippen LogP contribution in [-0.4, -0.2) is 17.2 Å². The number of para-hydroxylation sites is 1. The van der Waals surface area contributed by atoms with Crippen LogP contribution in [0.2, 0.25) is 0 Å². The predicted molar refractivity (Wildman–Crippen MR) is 59.5 cm³/mol. The molecule has 1 atom stereocenters. The molecule has 0 saturated heterocycles. The number of nitrogens with zero attached hydrogens (tertiary/aromatic N) is 1. The Kier molecular flexibility index (Phi) is 3.02. The van der Waals surface area contributed by atoms with Crippen molar-refractivity contribution < 1.29 is 13.2 Å². The number of hydrogen-bond donors (Lipinski definition) is 1. The minimum atomic E-state index is -4.38. The molecule has 90 valence electrons. The molecule has 2 N–H and O–H groups in total. The minimum absolute atomic E-state index is 0.297. The lowest BCUT2D eigenvalue weighted by molar-refractivity contribution is -0.147. The van der Waals surface area contributed by atoms with E-state index < -0.39 is 12.2 Å². The molecule has 2 aromatic rings. The van der Waals surface area contributed by atoms with E-state index in [1.807, 2.05) is 12.1 Å². The molecule has 0 amide bonds. The third kappa shape index (κ3) is 2.74. The summed E-state index contributed by atoms with van der Waals surface area (Å²) in [4.78, 5) is 4.15. The van der Waals surface area contributed by atoms with Gasteiger partial charge in [-0.3, -0.25) is 4.98 Å². The molecule has 2 rings (SSSR count). The van der Waals surface area contributed by atoms with E-state index in [9.17, 15) is 13.2 Å². The Morgan fingerprint density at radius 3 is 2.53 bits per heavy atom. The Labute approximate surface area is 96.3 Å². The molecule has 0 radical (unpaired) electrons. The fourth-order valence-electron chi connectivity index (χ4n) is 1.56. The molecule has 0 spiro atoms. The smallest absolute Gasteiger partial charge is 0.320 e. The van der Waals surface area contributed by atoms with Gasteiger partial charge in [0, 0.05) is 17.5 Å².